The molecule has 2 aliphatic carbocycles. The van der Waals surface area contributed by atoms with Crippen molar-refractivity contribution in [2.75, 3.05) is 0 Å². The largest absolute Gasteiger partial charge is 0.313 e. The smallest absolute Gasteiger partial charge is 0.164 e. The van der Waals surface area contributed by atoms with Crippen LogP contribution in [0.4, 0.5) is 0 Å². The number of benzene rings is 7. The Hall–Kier alpha value is -8.09. The third-order valence-corrected chi connectivity index (χ3v) is 13.1. The van der Waals surface area contributed by atoms with Gasteiger partial charge < -0.3 is 13.7 Å². The first kappa shape index (κ1) is 35.6. The molecule has 0 bridgehead atoms. The van der Waals surface area contributed by atoms with Gasteiger partial charge in [-0.3, -0.25) is 0 Å². The van der Waals surface area contributed by atoms with Gasteiger partial charge in [0.2, 0.25) is 0 Å². The number of allylic oxidation sites excluding steroid dienone is 2. The first-order valence-electron chi connectivity index (χ1n) is 21.9. The Balaban J connectivity index is 0.924. The van der Waals surface area contributed by atoms with Crippen LogP contribution < -0.4 is 0 Å². The summed E-state index contributed by atoms with van der Waals surface area (Å²) in [7, 11) is 0. The van der Waals surface area contributed by atoms with E-state index in [2.05, 4.69) is 208 Å². The summed E-state index contributed by atoms with van der Waals surface area (Å²) in [6, 6.07) is 60.7. The summed E-state index contributed by atoms with van der Waals surface area (Å²) in [5.74, 6) is 1.90. The number of rotatable bonds is 6. The summed E-state index contributed by atoms with van der Waals surface area (Å²) in [5.41, 5.74) is 16.3. The normalized spacial score (nSPS) is 13.3. The topological polar surface area (TPSA) is 53.5 Å². The van der Waals surface area contributed by atoms with Gasteiger partial charge in [-0.15, -0.1) is 0 Å². The van der Waals surface area contributed by atoms with E-state index in [9.17, 15) is 0 Å². The molecule has 0 unspecified atom stereocenters. The highest BCUT2D eigenvalue weighted by Gasteiger charge is 2.21. The number of aryl methyl sites for hydroxylation is 1. The van der Waals surface area contributed by atoms with Crippen LogP contribution in [0.25, 0.3) is 107 Å². The maximum atomic E-state index is 5.19. The molecule has 0 atom stereocenters. The summed E-state index contributed by atoms with van der Waals surface area (Å²) in [4.78, 5) is 15.6. The van der Waals surface area contributed by atoms with E-state index < -0.39 is 0 Å². The Bertz CT molecular complexity index is 3600. The maximum absolute atomic E-state index is 5.19. The van der Waals surface area contributed by atoms with Gasteiger partial charge in [-0.2, -0.15) is 0 Å². The van der Waals surface area contributed by atoms with Gasteiger partial charge in [0.25, 0.3) is 0 Å². The molecule has 11 aromatic rings. The van der Waals surface area contributed by atoms with Crippen LogP contribution in [0, 0.1) is 0 Å². The van der Waals surface area contributed by atoms with Gasteiger partial charge >= 0.3 is 0 Å². The van der Waals surface area contributed by atoms with Gasteiger partial charge in [-0.25, -0.2) is 15.0 Å². The van der Waals surface area contributed by atoms with E-state index in [1.807, 2.05) is 0 Å². The first-order chi connectivity index (χ1) is 31.2. The zero-order chi connectivity index (χ0) is 41.4. The van der Waals surface area contributed by atoms with E-state index in [-0.39, 0.29) is 0 Å². The Morgan fingerprint density at radius 1 is 0.349 bits per heavy atom. The molecule has 4 heterocycles. The minimum absolute atomic E-state index is 0.629. The highest BCUT2D eigenvalue weighted by molar-refractivity contribution is 6.09. The van der Waals surface area contributed by atoms with E-state index in [4.69, 9.17) is 15.0 Å². The molecule has 4 aromatic heterocycles. The van der Waals surface area contributed by atoms with Gasteiger partial charge in [-0.05, 0) is 134 Å². The summed E-state index contributed by atoms with van der Waals surface area (Å²) in [6.45, 7) is 0. The molecule has 0 amide bonds. The van der Waals surface area contributed by atoms with E-state index in [1.54, 1.807) is 0 Å². The zero-order valence-electron chi connectivity index (χ0n) is 34.5. The molecule has 0 radical (unpaired) electrons. The quantitative estimate of drug-likeness (QED) is 0.168. The van der Waals surface area contributed by atoms with Crippen LogP contribution in [0.5, 0.6) is 0 Å². The van der Waals surface area contributed by atoms with E-state index in [1.165, 1.54) is 66.1 Å². The van der Waals surface area contributed by atoms with Crippen molar-refractivity contribution >= 4 is 55.8 Å². The lowest BCUT2D eigenvalue weighted by molar-refractivity contribution is 0.888. The standard InChI is InChI=1S/C57H40N6/c1-7-19-49-43(13-1)44-14-2-8-20-50(44)61(49)40-31-25-37(26-32-40)55-58-56(38-27-33-41(34-28-38)62-51-21-9-3-15-45(51)46-16-4-10-22-52(46)62)60-57(59-55)39-29-35-42(36-30-39)63-53-23-11-5-17-47(53)48-18-6-12-24-54(48)63/h1-5,7-9,11-17,19-21,23-36H,6,10,18,22H2. The maximum Gasteiger partial charge on any atom is 0.164 e. The monoisotopic (exact) mass is 808 g/mol. The molecule has 0 saturated carbocycles. The van der Waals surface area contributed by atoms with Gasteiger partial charge in [-0.1, -0.05) is 91.0 Å². The van der Waals surface area contributed by atoms with Crippen molar-refractivity contribution in [2.24, 2.45) is 0 Å². The molecule has 63 heavy (non-hydrogen) atoms. The Kier molecular flexibility index (Phi) is 8.06. The van der Waals surface area contributed by atoms with Crippen molar-refractivity contribution in [1.82, 2.24) is 28.7 Å². The van der Waals surface area contributed by atoms with Crippen molar-refractivity contribution in [1.29, 1.82) is 0 Å². The van der Waals surface area contributed by atoms with Crippen molar-refractivity contribution < 1.29 is 0 Å². The van der Waals surface area contributed by atoms with Crippen LogP contribution in [0.3, 0.4) is 0 Å². The Labute approximate surface area is 364 Å². The van der Waals surface area contributed by atoms with Crippen molar-refractivity contribution in [3.63, 3.8) is 0 Å². The van der Waals surface area contributed by atoms with E-state index in [0.717, 1.165) is 59.4 Å². The molecule has 0 aliphatic heterocycles. The zero-order valence-corrected chi connectivity index (χ0v) is 34.5. The van der Waals surface area contributed by atoms with E-state index in [0.29, 0.717) is 17.5 Å². The van der Waals surface area contributed by atoms with Crippen LogP contribution in [-0.2, 0) is 12.8 Å². The number of fused-ring (bicyclic) bond motifs is 9. The SMILES string of the molecule is C1=Cc2c(c3ccccc3n2-c2ccc(-c3nc(-c4ccc(-n5c6c(c7ccccc75)C=CCC6)cc4)nc(-c4ccc(-n5c6ccccc6c6ccccc65)cc4)n3)cc2)CC1. The third kappa shape index (κ3) is 5.68. The van der Waals surface area contributed by atoms with Gasteiger partial charge in [0.15, 0.2) is 17.5 Å². The van der Waals surface area contributed by atoms with Crippen molar-refractivity contribution in [2.45, 2.75) is 25.7 Å². The summed E-state index contributed by atoms with van der Waals surface area (Å²) in [6.07, 6.45) is 13.3. The molecule has 13 rings (SSSR count). The minimum Gasteiger partial charge on any atom is -0.313 e. The Morgan fingerprint density at radius 3 is 1.32 bits per heavy atom. The minimum atomic E-state index is 0.629. The summed E-state index contributed by atoms with van der Waals surface area (Å²) in [5, 5.41) is 5.09. The molecule has 2 aliphatic rings. The lowest BCUT2D eigenvalue weighted by Gasteiger charge is -2.14. The predicted octanol–water partition coefficient (Wildman–Crippen LogP) is 13.8. The highest BCUT2D eigenvalue weighted by atomic mass is 15.0. The number of para-hydroxylation sites is 4. The fourth-order valence-electron chi connectivity index (χ4n) is 10.2. The molecule has 0 saturated heterocycles. The molecular formula is C57H40N6. The molecule has 6 nitrogen and oxygen atoms in total. The number of aromatic nitrogens is 6. The third-order valence-electron chi connectivity index (χ3n) is 13.1. The van der Waals surface area contributed by atoms with Gasteiger partial charge in [0.1, 0.15) is 0 Å². The van der Waals surface area contributed by atoms with Crippen molar-refractivity contribution in [3.8, 4) is 51.2 Å². The van der Waals surface area contributed by atoms with E-state index >= 15 is 0 Å². The second kappa shape index (κ2) is 14.3. The van der Waals surface area contributed by atoms with Crippen LogP contribution in [0.15, 0.2) is 182 Å². The average Bonchev–Trinajstić information content (AvgIpc) is 4.00. The first-order valence-corrected chi connectivity index (χ1v) is 21.9. The van der Waals surface area contributed by atoms with Crippen LogP contribution in [0.2, 0.25) is 0 Å². The number of hydrogen-bond acceptors (Lipinski definition) is 3. The fourth-order valence-corrected chi connectivity index (χ4v) is 10.2. The molecule has 0 spiro atoms. The lowest BCUT2D eigenvalue weighted by Crippen LogP contribution is -2.03. The molecule has 7 aromatic carbocycles. The molecule has 6 heteroatoms. The lowest BCUT2D eigenvalue weighted by atomic mass is 10.0. The van der Waals surface area contributed by atoms with Crippen molar-refractivity contribution in [3.05, 3.63) is 205 Å². The molecule has 0 N–H and O–H groups in total. The predicted molar refractivity (Wildman–Crippen MR) is 259 cm³/mol. The number of nitrogens with zero attached hydrogens (tertiary/aromatic N) is 6. The molecule has 298 valence electrons. The second-order valence-corrected chi connectivity index (χ2v) is 16.6. The Morgan fingerprint density at radius 2 is 0.762 bits per heavy atom. The van der Waals surface area contributed by atoms with Crippen LogP contribution in [0.1, 0.15) is 35.4 Å². The molecule has 0 fully saturated rings. The van der Waals surface area contributed by atoms with Gasteiger partial charge in [0, 0.05) is 72.2 Å². The van der Waals surface area contributed by atoms with Gasteiger partial charge in [0.05, 0.1) is 22.1 Å². The molecular weight excluding hydrogens is 769 g/mol. The second-order valence-electron chi connectivity index (χ2n) is 16.6. The average molecular weight is 809 g/mol. The number of hydrogen-bond donors (Lipinski definition) is 0. The van der Waals surface area contributed by atoms with Crippen LogP contribution in [-0.4, -0.2) is 28.7 Å². The highest BCUT2D eigenvalue weighted by Crippen LogP contribution is 2.37. The summed E-state index contributed by atoms with van der Waals surface area (Å²) < 4.78 is 7.14. The van der Waals surface area contributed by atoms with Crippen LogP contribution >= 0.6 is 0 Å². The summed E-state index contributed by atoms with van der Waals surface area (Å²) >= 11 is 0. The fraction of sp³-hybridized carbons (Fsp3) is 0.0702.